The number of carboxylic acids is 1. The largest absolute Gasteiger partial charge is 0.478 e. The van der Waals surface area contributed by atoms with Crippen molar-refractivity contribution in [1.82, 2.24) is 0 Å². The van der Waals surface area contributed by atoms with Crippen LogP contribution in [-0.4, -0.2) is 24.1 Å². The van der Waals surface area contributed by atoms with Gasteiger partial charge in [-0.3, -0.25) is 4.79 Å². The zero-order valence-corrected chi connectivity index (χ0v) is 12.9. The van der Waals surface area contributed by atoms with Gasteiger partial charge in [0.15, 0.2) is 0 Å². The topological polar surface area (TPSA) is 75.6 Å². The summed E-state index contributed by atoms with van der Waals surface area (Å²) in [6.45, 7) is 0.312. The number of nitrogens with one attached hydrogen (secondary N) is 1. The van der Waals surface area contributed by atoms with Crippen molar-refractivity contribution in [3.05, 3.63) is 29.3 Å². The maximum atomic E-state index is 12.0. The molecule has 1 aromatic rings. The molecule has 5 heteroatoms. The molecule has 22 heavy (non-hydrogen) atoms. The van der Waals surface area contributed by atoms with E-state index in [2.05, 4.69) is 5.32 Å². The molecule has 5 nitrogen and oxygen atoms in total. The van der Waals surface area contributed by atoms with Crippen LogP contribution in [0.3, 0.4) is 0 Å². The van der Waals surface area contributed by atoms with Crippen molar-refractivity contribution in [3.8, 4) is 0 Å². The summed E-state index contributed by atoms with van der Waals surface area (Å²) in [4.78, 5) is 23.2. The molecule has 2 N–H and O–H groups in total. The summed E-state index contributed by atoms with van der Waals surface area (Å²) in [5.74, 6) is -0.405. The molecule has 0 saturated heterocycles. The van der Waals surface area contributed by atoms with E-state index in [0.29, 0.717) is 24.6 Å². The van der Waals surface area contributed by atoms with Crippen molar-refractivity contribution in [2.45, 2.75) is 45.1 Å². The fourth-order valence-electron chi connectivity index (χ4n) is 3.00. The molecule has 1 aliphatic carbocycles. The van der Waals surface area contributed by atoms with Crippen LogP contribution in [0, 0.1) is 5.92 Å². The molecule has 0 bridgehead atoms. The summed E-state index contributed by atoms with van der Waals surface area (Å²) in [5.41, 5.74) is 1.40. The predicted molar refractivity (Wildman–Crippen MR) is 83.9 cm³/mol. The van der Waals surface area contributed by atoms with Crippen molar-refractivity contribution >= 4 is 17.6 Å². The molecule has 0 radical (unpaired) electrons. The number of carbonyl (C=O) groups is 2. The van der Waals surface area contributed by atoms with Crippen LogP contribution in [-0.2, 0) is 16.1 Å². The summed E-state index contributed by atoms with van der Waals surface area (Å²) < 4.78 is 5.03. The van der Waals surface area contributed by atoms with E-state index in [1.165, 1.54) is 31.7 Å². The third-order valence-electron chi connectivity index (χ3n) is 4.09. The number of hydrogen-bond donors (Lipinski definition) is 2. The number of carbonyl (C=O) groups excluding carboxylic acids is 1. The number of aromatic carboxylic acids is 1. The van der Waals surface area contributed by atoms with Gasteiger partial charge in [-0.25, -0.2) is 4.79 Å². The van der Waals surface area contributed by atoms with Crippen LogP contribution in [0.5, 0.6) is 0 Å². The third-order valence-corrected chi connectivity index (χ3v) is 4.09. The van der Waals surface area contributed by atoms with E-state index >= 15 is 0 Å². The van der Waals surface area contributed by atoms with Crippen molar-refractivity contribution in [1.29, 1.82) is 0 Å². The minimum absolute atomic E-state index is 0.0576. The van der Waals surface area contributed by atoms with Gasteiger partial charge in [0, 0.05) is 19.2 Å². The third kappa shape index (κ3) is 4.84. The molecule has 1 aromatic carbocycles. The zero-order chi connectivity index (χ0) is 15.9. The van der Waals surface area contributed by atoms with Gasteiger partial charge in [-0.2, -0.15) is 0 Å². The van der Waals surface area contributed by atoms with Crippen LogP contribution in [0.15, 0.2) is 18.2 Å². The molecule has 1 saturated carbocycles. The molecule has 0 heterocycles. The Kier molecular flexibility index (Phi) is 5.95. The summed E-state index contributed by atoms with van der Waals surface area (Å²) in [6.07, 6.45) is 6.39. The first-order valence-electron chi connectivity index (χ1n) is 7.74. The Hall–Kier alpha value is -1.88. The van der Waals surface area contributed by atoms with Crippen LogP contribution in [0.1, 0.15) is 54.4 Å². The lowest BCUT2D eigenvalue weighted by atomic mass is 10.0. The summed E-state index contributed by atoms with van der Waals surface area (Å²) in [6, 6.07) is 4.79. The van der Waals surface area contributed by atoms with Gasteiger partial charge in [0.05, 0.1) is 12.2 Å². The van der Waals surface area contributed by atoms with Gasteiger partial charge in [0.1, 0.15) is 0 Å². The molecule has 1 fully saturated rings. The number of anilines is 1. The second-order valence-corrected chi connectivity index (χ2v) is 5.89. The van der Waals surface area contributed by atoms with Gasteiger partial charge in [-0.15, -0.1) is 0 Å². The van der Waals surface area contributed by atoms with Crippen LogP contribution in [0.4, 0.5) is 5.69 Å². The van der Waals surface area contributed by atoms with Gasteiger partial charge >= 0.3 is 5.97 Å². The average molecular weight is 305 g/mol. The molecule has 2 rings (SSSR count). The predicted octanol–water partition coefficient (Wildman–Crippen LogP) is 3.44. The van der Waals surface area contributed by atoms with Crippen LogP contribution in [0.25, 0.3) is 0 Å². The minimum atomic E-state index is -1.01. The van der Waals surface area contributed by atoms with E-state index < -0.39 is 5.97 Å². The monoisotopic (exact) mass is 305 g/mol. The number of amides is 1. The lowest BCUT2D eigenvalue weighted by Crippen LogP contribution is -2.13. The zero-order valence-electron chi connectivity index (χ0n) is 12.9. The molecule has 0 spiro atoms. The molecular formula is C17H23NO4. The number of hydrogen-bond acceptors (Lipinski definition) is 3. The Morgan fingerprint density at radius 1 is 1.27 bits per heavy atom. The molecule has 0 unspecified atom stereocenters. The summed E-state index contributed by atoms with van der Waals surface area (Å²) in [7, 11) is 1.55. The van der Waals surface area contributed by atoms with E-state index in [4.69, 9.17) is 9.84 Å². The lowest BCUT2D eigenvalue weighted by molar-refractivity contribution is -0.116. The summed E-state index contributed by atoms with van der Waals surface area (Å²) in [5, 5.41) is 11.9. The highest BCUT2D eigenvalue weighted by atomic mass is 16.5. The Morgan fingerprint density at radius 3 is 2.64 bits per heavy atom. The van der Waals surface area contributed by atoms with E-state index in [0.717, 1.165) is 12.0 Å². The van der Waals surface area contributed by atoms with E-state index in [9.17, 15) is 9.59 Å². The molecule has 0 atom stereocenters. The average Bonchev–Trinajstić information content (AvgIpc) is 2.98. The fraction of sp³-hybridized carbons (Fsp3) is 0.529. The second-order valence-electron chi connectivity index (χ2n) is 5.89. The Balaban J connectivity index is 1.97. The Morgan fingerprint density at radius 2 is 2.00 bits per heavy atom. The normalized spacial score (nSPS) is 15.0. The van der Waals surface area contributed by atoms with Crippen molar-refractivity contribution in [2.24, 2.45) is 5.92 Å². The molecule has 0 aliphatic heterocycles. The first-order chi connectivity index (χ1) is 10.6. The summed E-state index contributed by atoms with van der Waals surface area (Å²) >= 11 is 0. The molecule has 0 aromatic heterocycles. The Labute approximate surface area is 130 Å². The maximum absolute atomic E-state index is 12.0. The number of ether oxygens (including phenoxy) is 1. The van der Waals surface area contributed by atoms with Crippen LogP contribution < -0.4 is 5.32 Å². The number of benzene rings is 1. The van der Waals surface area contributed by atoms with E-state index in [1.807, 2.05) is 0 Å². The van der Waals surface area contributed by atoms with E-state index in [-0.39, 0.29) is 11.5 Å². The SMILES string of the molecule is COCc1cc(NC(=O)CCC2CCCC2)cc(C(=O)O)c1. The standard InChI is InChI=1S/C17H23NO4/c1-22-11-13-8-14(17(20)21)10-15(9-13)18-16(19)7-6-12-4-2-3-5-12/h8-10,12H,2-7,11H2,1H3,(H,18,19)(H,20,21). The molecule has 1 amide bonds. The first-order valence-corrected chi connectivity index (χ1v) is 7.74. The molecular weight excluding hydrogens is 282 g/mol. The van der Waals surface area contributed by atoms with Crippen molar-refractivity contribution < 1.29 is 19.4 Å². The fourth-order valence-corrected chi connectivity index (χ4v) is 3.00. The van der Waals surface area contributed by atoms with Gasteiger partial charge < -0.3 is 15.2 Å². The highest BCUT2D eigenvalue weighted by molar-refractivity contribution is 5.94. The maximum Gasteiger partial charge on any atom is 0.335 e. The molecule has 120 valence electrons. The van der Waals surface area contributed by atoms with Crippen molar-refractivity contribution in [2.75, 3.05) is 12.4 Å². The lowest BCUT2D eigenvalue weighted by Gasteiger charge is -2.11. The number of methoxy groups -OCH3 is 1. The number of rotatable bonds is 7. The number of carboxylic acid groups (broad SMARTS) is 1. The van der Waals surface area contributed by atoms with Gasteiger partial charge in [0.2, 0.25) is 5.91 Å². The highest BCUT2D eigenvalue weighted by Gasteiger charge is 2.16. The van der Waals surface area contributed by atoms with Crippen molar-refractivity contribution in [3.63, 3.8) is 0 Å². The minimum Gasteiger partial charge on any atom is -0.478 e. The second kappa shape index (κ2) is 7.94. The van der Waals surface area contributed by atoms with Crippen LogP contribution >= 0.6 is 0 Å². The Bertz CT molecular complexity index is 535. The van der Waals surface area contributed by atoms with Gasteiger partial charge in [0.25, 0.3) is 0 Å². The van der Waals surface area contributed by atoms with E-state index in [1.54, 1.807) is 19.2 Å². The van der Waals surface area contributed by atoms with Gasteiger partial charge in [-0.05, 0) is 36.1 Å². The first kappa shape index (κ1) is 16.5. The van der Waals surface area contributed by atoms with Gasteiger partial charge in [-0.1, -0.05) is 25.7 Å². The smallest absolute Gasteiger partial charge is 0.335 e. The molecule has 1 aliphatic rings. The quantitative estimate of drug-likeness (QED) is 0.809. The van der Waals surface area contributed by atoms with Crippen LogP contribution in [0.2, 0.25) is 0 Å². The highest BCUT2D eigenvalue weighted by Crippen LogP contribution is 2.28.